The summed E-state index contributed by atoms with van der Waals surface area (Å²) < 4.78 is 0. The van der Waals surface area contributed by atoms with Crippen LogP contribution in [0.5, 0.6) is 0 Å². The molecule has 1 atom stereocenters. The van der Waals surface area contributed by atoms with Crippen molar-refractivity contribution >= 4 is 13.3 Å². The van der Waals surface area contributed by atoms with Gasteiger partial charge in [0, 0.05) is 6.04 Å². The second kappa shape index (κ2) is 2.89. The van der Waals surface area contributed by atoms with E-state index < -0.39 is 0 Å². The predicted molar refractivity (Wildman–Crippen MR) is 47.2 cm³/mol. The maximum atomic E-state index is 5.68. The zero-order valence-corrected chi connectivity index (χ0v) is 6.46. The third-order valence-electron chi connectivity index (χ3n) is 1.57. The van der Waals surface area contributed by atoms with Gasteiger partial charge in [-0.05, 0) is 12.5 Å². The highest BCUT2D eigenvalue weighted by Gasteiger charge is 1.96. The lowest BCUT2D eigenvalue weighted by atomic mass is 9.93. The van der Waals surface area contributed by atoms with Crippen molar-refractivity contribution < 1.29 is 0 Å². The monoisotopic (exact) mass is 133 g/mol. The first-order valence-electron chi connectivity index (χ1n) is 3.52. The second-order valence-corrected chi connectivity index (χ2v) is 2.70. The number of hydrogen-bond donors (Lipinski definition) is 1. The summed E-state index contributed by atoms with van der Waals surface area (Å²) in [5.41, 5.74) is 8.16. The van der Waals surface area contributed by atoms with E-state index >= 15 is 0 Å². The molecule has 0 aromatic heterocycles. The van der Waals surface area contributed by atoms with Crippen LogP contribution in [-0.4, -0.2) is 7.85 Å². The first kappa shape index (κ1) is 7.35. The van der Waals surface area contributed by atoms with Crippen LogP contribution < -0.4 is 11.2 Å². The molecule has 0 unspecified atom stereocenters. The number of benzene rings is 1. The van der Waals surface area contributed by atoms with Gasteiger partial charge in [0.1, 0.15) is 7.85 Å². The molecule has 1 rings (SSSR count). The van der Waals surface area contributed by atoms with Gasteiger partial charge in [0.05, 0.1) is 0 Å². The maximum absolute atomic E-state index is 5.68. The molecule has 0 aliphatic rings. The van der Waals surface area contributed by atoms with Gasteiger partial charge in [0.15, 0.2) is 0 Å². The summed E-state index contributed by atoms with van der Waals surface area (Å²) in [6.07, 6.45) is 0. The molecule has 52 valence electrons. The lowest BCUT2D eigenvalue weighted by Crippen LogP contribution is -2.09. The molecule has 0 bridgehead atoms. The van der Waals surface area contributed by atoms with Crippen LogP contribution in [0.3, 0.4) is 0 Å². The van der Waals surface area contributed by atoms with Crippen molar-refractivity contribution in [2.75, 3.05) is 0 Å². The zero-order valence-electron chi connectivity index (χ0n) is 6.46. The number of nitrogens with two attached hydrogens (primary N) is 1. The molecule has 2 N–H and O–H groups in total. The first-order chi connectivity index (χ1) is 4.70. The molecule has 2 heteroatoms. The molecule has 1 aromatic carbocycles. The molecule has 1 aromatic rings. The molecule has 0 aliphatic carbocycles. The predicted octanol–water partition coefficient (Wildman–Crippen LogP) is -0.0353. The van der Waals surface area contributed by atoms with E-state index in [0.29, 0.717) is 0 Å². The summed E-state index contributed by atoms with van der Waals surface area (Å²) in [6, 6.07) is 8.43. The Balaban J connectivity index is 2.96. The largest absolute Gasteiger partial charge is 0.324 e. The van der Waals surface area contributed by atoms with E-state index in [9.17, 15) is 0 Å². The van der Waals surface area contributed by atoms with E-state index in [0.717, 1.165) is 0 Å². The minimum atomic E-state index is 0.153. The molecule has 0 saturated heterocycles. The van der Waals surface area contributed by atoms with E-state index in [1.165, 1.54) is 11.0 Å². The van der Waals surface area contributed by atoms with Gasteiger partial charge in [-0.1, -0.05) is 29.7 Å². The number of hydrogen-bond acceptors (Lipinski definition) is 1. The molecule has 0 amide bonds. The molecule has 0 heterocycles. The third-order valence-corrected chi connectivity index (χ3v) is 1.57. The lowest BCUT2D eigenvalue weighted by molar-refractivity contribution is 0.819. The normalized spacial score (nSPS) is 13.0. The van der Waals surface area contributed by atoms with E-state index in [2.05, 4.69) is 26.0 Å². The van der Waals surface area contributed by atoms with Crippen LogP contribution in [0.2, 0.25) is 0 Å². The quantitative estimate of drug-likeness (QED) is 0.534. The average molecular weight is 133 g/mol. The van der Waals surface area contributed by atoms with Crippen molar-refractivity contribution in [2.24, 2.45) is 5.73 Å². The SMILES string of the molecule is Bc1cccc([C@H](C)N)c1. The Morgan fingerprint density at radius 3 is 2.60 bits per heavy atom. The Morgan fingerprint density at radius 2 is 2.20 bits per heavy atom. The van der Waals surface area contributed by atoms with Crippen LogP contribution in [0.25, 0.3) is 0 Å². The van der Waals surface area contributed by atoms with Crippen LogP contribution in [0.4, 0.5) is 0 Å². The van der Waals surface area contributed by atoms with E-state index in [1.54, 1.807) is 0 Å². The van der Waals surface area contributed by atoms with Gasteiger partial charge in [-0.3, -0.25) is 0 Å². The van der Waals surface area contributed by atoms with Crippen molar-refractivity contribution in [1.82, 2.24) is 0 Å². The minimum absolute atomic E-state index is 0.153. The Hall–Kier alpha value is -0.755. The molecule has 0 fully saturated rings. The third kappa shape index (κ3) is 1.61. The molecular formula is C8H12BN. The fourth-order valence-corrected chi connectivity index (χ4v) is 0.953. The molecule has 0 aliphatic heterocycles. The van der Waals surface area contributed by atoms with Crippen molar-refractivity contribution in [3.63, 3.8) is 0 Å². The van der Waals surface area contributed by atoms with Gasteiger partial charge in [-0.25, -0.2) is 0 Å². The summed E-state index contributed by atoms with van der Waals surface area (Å²) in [7, 11) is 2.08. The molecule has 1 nitrogen and oxygen atoms in total. The average Bonchev–Trinajstić information content (AvgIpc) is 1.88. The molecule has 0 spiro atoms. The van der Waals surface area contributed by atoms with Gasteiger partial charge >= 0.3 is 0 Å². The van der Waals surface area contributed by atoms with Crippen LogP contribution in [0, 0.1) is 0 Å². The Bertz CT molecular complexity index is 220. The summed E-state index contributed by atoms with van der Waals surface area (Å²) in [5, 5.41) is 0. The van der Waals surface area contributed by atoms with Gasteiger partial charge in [0.25, 0.3) is 0 Å². The highest BCUT2D eigenvalue weighted by atomic mass is 14.6. The van der Waals surface area contributed by atoms with Crippen molar-refractivity contribution in [3.8, 4) is 0 Å². The Labute approximate surface area is 62.7 Å². The molecule has 10 heavy (non-hydrogen) atoms. The van der Waals surface area contributed by atoms with Gasteiger partial charge in [0.2, 0.25) is 0 Å². The topological polar surface area (TPSA) is 26.0 Å². The Morgan fingerprint density at radius 1 is 1.50 bits per heavy atom. The standard InChI is InChI=1S/C8H12BN/c1-6(10)7-3-2-4-8(9)5-7/h2-6H,9-10H2,1H3/t6-/m0/s1. The van der Waals surface area contributed by atoms with Crippen molar-refractivity contribution in [2.45, 2.75) is 13.0 Å². The molecule has 0 saturated carbocycles. The summed E-state index contributed by atoms with van der Waals surface area (Å²) >= 11 is 0. The second-order valence-electron chi connectivity index (χ2n) is 2.70. The maximum Gasteiger partial charge on any atom is 0.139 e. The summed E-state index contributed by atoms with van der Waals surface area (Å²) in [4.78, 5) is 0. The van der Waals surface area contributed by atoms with Gasteiger partial charge in [-0.2, -0.15) is 0 Å². The van der Waals surface area contributed by atoms with E-state index in [1.807, 2.05) is 13.0 Å². The highest BCUT2D eigenvalue weighted by Crippen LogP contribution is 2.05. The van der Waals surface area contributed by atoms with Crippen LogP contribution in [0.15, 0.2) is 24.3 Å². The van der Waals surface area contributed by atoms with Gasteiger partial charge in [-0.15, -0.1) is 0 Å². The lowest BCUT2D eigenvalue weighted by Gasteiger charge is -2.04. The van der Waals surface area contributed by atoms with Crippen LogP contribution in [0.1, 0.15) is 18.5 Å². The van der Waals surface area contributed by atoms with E-state index in [4.69, 9.17) is 5.73 Å². The molecule has 0 radical (unpaired) electrons. The van der Waals surface area contributed by atoms with Crippen molar-refractivity contribution in [3.05, 3.63) is 29.8 Å². The smallest absolute Gasteiger partial charge is 0.139 e. The van der Waals surface area contributed by atoms with Crippen LogP contribution in [-0.2, 0) is 0 Å². The fraction of sp³-hybridized carbons (Fsp3) is 0.250. The number of rotatable bonds is 1. The van der Waals surface area contributed by atoms with Crippen molar-refractivity contribution in [1.29, 1.82) is 0 Å². The highest BCUT2D eigenvalue weighted by molar-refractivity contribution is 6.32. The molecular weight excluding hydrogens is 121 g/mol. The minimum Gasteiger partial charge on any atom is -0.324 e. The Kier molecular flexibility index (Phi) is 2.12. The van der Waals surface area contributed by atoms with Gasteiger partial charge < -0.3 is 5.73 Å². The summed E-state index contributed by atoms with van der Waals surface area (Å²) in [5.74, 6) is 0. The fourth-order valence-electron chi connectivity index (χ4n) is 0.953. The summed E-state index contributed by atoms with van der Waals surface area (Å²) in [6.45, 7) is 1.99. The van der Waals surface area contributed by atoms with E-state index in [-0.39, 0.29) is 6.04 Å². The van der Waals surface area contributed by atoms with Crippen LogP contribution >= 0.6 is 0 Å². The zero-order chi connectivity index (χ0) is 7.56. The first-order valence-corrected chi connectivity index (χ1v) is 3.52.